The number of hydrogen-bond donors (Lipinski definition) is 0. The van der Waals surface area contributed by atoms with Gasteiger partial charge in [-0.3, -0.25) is 9.97 Å². The number of hydrogen-bond acceptors (Lipinski definition) is 3. The monoisotopic (exact) mass is 484 g/mol. The van der Waals surface area contributed by atoms with Crippen LogP contribution in [0.25, 0.3) is 60.1 Å². The molecule has 38 heavy (non-hydrogen) atoms. The van der Waals surface area contributed by atoms with Crippen molar-refractivity contribution in [3.05, 3.63) is 139 Å². The highest BCUT2D eigenvalue weighted by molar-refractivity contribution is 6.05. The van der Waals surface area contributed by atoms with Crippen molar-refractivity contribution in [3.63, 3.8) is 0 Å². The van der Waals surface area contributed by atoms with E-state index in [9.17, 15) is 5.26 Å². The number of aromatic nitrogens is 2. The van der Waals surface area contributed by atoms with Gasteiger partial charge in [0.25, 0.3) is 0 Å². The van der Waals surface area contributed by atoms with Crippen LogP contribution in [0.4, 0.5) is 5.69 Å². The van der Waals surface area contributed by atoms with E-state index >= 15 is 0 Å². The van der Waals surface area contributed by atoms with E-state index in [4.69, 9.17) is 6.57 Å². The topological polar surface area (TPSA) is 53.9 Å². The zero-order valence-corrected chi connectivity index (χ0v) is 20.3. The van der Waals surface area contributed by atoms with Gasteiger partial charge in [-0.25, -0.2) is 4.85 Å². The second-order valence-corrected chi connectivity index (χ2v) is 8.99. The van der Waals surface area contributed by atoms with Gasteiger partial charge in [-0.15, -0.1) is 0 Å². The zero-order valence-electron chi connectivity index (χ0n) is 20.3. The second kappa shape index (κ2) is 9.82. The number of rotatable bonds is 4. The van der Waals surface area contributed by atoms with Crippen LogP contribution in [0.5, 0.6) is 0 Å². The van der Waals surface area contributed by atoms with E-state index in [1.54, 1.807) is 24.8 Å². The van der Waals surface area contributed by atoms with Gasteiger partial charge in [0, 0.05) is 30.4 Å². The van der Waals surface area contributed by atoms with Crippen molar-refractivity contribution in [2.75, 3.05) is 0 Å². The van der Waals surface area contributed by atoms with Gasteiger partial charge < -0.3 is 0 Å². The molecule has 0 atom stereocenters. The van der Waals surface area contributed by atoms with Gasteiger partial charge in [0.15, 0.2) is 0 Å². The van der Waals surface area contributed by atoms with Crippen LogP contribution in [-0.4, -0.2) is 9.97 Å². The van der Waals surface area contributed by atoms with Crippen LogP contribution in [0.2, 0.25) is 0 Å². The fraction of sp³-hybridized carbons (Fsp3) is 0. The quantitative estimate of drug-likeness (QED) is 0.235. The molecule has 2 aromatic heterocycles. The third-order valence-corrected chi connectivity index (χ3v) is 6.66. The Balaban J connectivity index is 1.45. The number of pyridine rings is 2. The van der Waals surface area contributed by atoms with Crippen molar-refractivity contribution < 1.29 is 0 Å². The molecule has 0 amide bonds. The number of benzene rings is 4. The lowest BCUT2D eigenvalue weighted by atomic mass is 9.91. The van der Waals surface area contributed by atoms with Gasteiger partial charge in [-0.2, -0.15) is 5.26 Å². The summed E-state index contributed by atoms with van der Waals surface area (Å²) in [7, 11) is 0. The van der Waals surface area contributed by atoms with Crippen molar-refractivity contribution in [1.82, 2.24) is 9.97 Å². The predicted molar refractivity (Wildman–Crippen MR) is 152 cm³/mol. The molecular weight excluding hydrogens is 464 g/mol. The maximum absolute atomic E-state index is 9.28. The van der Waals surface area contributed by atoms with Crippen molar-refractivity contribution in [3.8, 4) is 50.6 Å². The van der Waals surface area contributed by atoms with E-state index in [1.165, 1.54) is 0 Å². The Kier molecular flexibility index (Phi) is 5.91. The van der Waals surface area contributed by atoms with Crippen LogP contribution in [0.3, 0.4) is 0 Å². The summed E-state index contributed by atoms with van der Waals surface area (Å²) in [6.07, 6.45) is 6.74. The third-order valence-electron chi connectivity index (χ3n) is 6.66. The summed E-state index contributed by atoms with van der Waals surface area (Å²) in [5.74, 6) is 0. The molecule has 6 aromatic rings. The molecule has 4 aromatic carbocycles. The molecule has 0 aliphatic rings. The maximum atomic E-state index is 9.28. The predicted octanol–water partition coefficient (Wildman–Crippen LogP) is 8.72. The lowest BCUT2D eigenvalue weighted by molar-refractivity contribution is 1.30. The van der Waals surface area contributed by atoms with Gasteiger partial charge >= 0.3 is 0 Å². The standard InChI is InChI=1S/C34H20N4/c1-36-30-17-29(21-38-22-30)25-7-3-9-27(16-25)32-11-5-12-33-31(10-4-13-34(32)33)26-8-2-6-24(15-26)28-14-23(18-35)19-37-20-28/h2-17,19-22H. The first-order valence-electron chi connectivity index (χ1n) is 12.1. The summed E-state index contributed by atoms with van der Waals surface area (Å²) >= 11 is 0. The molecule has 4 nitrogen and oxygen atoms in total. The highest BCUT2D eigenvalue weighted by Crippen LogP contribution is 2.37. The van der Waals surface area contributed by atoms with Crippen molar-refractivity contribution >= 4 is 16.5 Å². The Morgan fingerprint density at radius 3 is 1.66 bits per heavy atom. The van der Waals surface area contributed by atoms with Crippen LogP contribution in [0, 0.1) is 17.9 Å². The molecule has 0 aliphatic heterocycles. The zero-order chi connectivity index (χ0) is 25.9. The molecule has 0 N–H and O–H groups in total. The Morgan fingerprint density at radius 1 is 0.553 bits per heavy atom. The highest BCUT2D eigenvalue weighted by atomic mass is 14.7. The van der Waals surface area contributed by atoms with E-state index in [-0.39, 0.29) is 0 Å². The first kappa shape index (κ1) is 22.9. The van der Waals surface area contributed by atoms with Gasteiger partial charge in [0.05, 0.1) is 12.1 Å². The molecule has 0 bridgehead atoms. The first-order chi connectivity index (χ1) is 18.7. The fourth-order valence-corrected chi connectivity index (χ4v) is 4.85. The van der Waals surface area contributed by atoms with Crippen LogP contribution in [-0.2, 0) is 0 Å². The molecule has 0 fully saturated rings. The number of nitriles is 1. The summed E-state index contributed by atoms with van der Waals surface area (Å²) in [6.45, 7) is 7.31. The van der Waals surface area contributed by atoms with Crippen molar-refractivity contribution in [1.29, 1.82) is 5.26 Å². The summed E-state index contributed by atoms with van der Waals surface area (Å²) in [5, 5.41) is 11.6. The Bertz CT molecular complexity index is 1770. The SMILES string of the molecule is [C-]#[N+]c1cncc(-c2cccc(-c3cccc4c(-c5cccc(-c6cncc(C#N)c6)c5)cccc34)c2)c1. The molecule has 0 radical (unpaired) electrons. The van der Waals surface area contributed by atoms with Crippen LogP contribution < -0.4 is 0 Å². The van der Waals surface area contributed by atoms with Crippen LogP contribution in [0.1, 0.15) is 5.56 Å². The maximum Gasteiger partial charge on any atom is 0.205 e. The Labute approximate surface area is 221 Å². The molecule has 0 saturated carbocycles. The summed E-state index contributed by atoms with van der Waals surface area (Å²) < 4.78 is 0. The van der Waals surface area contributed by atoms with Crippen molar-refractivity contribution in [2.24, 2.45) is 0 Å². The molecule has 176 valence electrons. The second-order valence-electron chi connectivity index (χ2n) is 8.99. The first-order valence-corrected chi connectivity index (χ1v) is 12.1. The molecule has 0 aliphatic carbocycles. The minimum Gasteiger partial charge on any atom is -0.276 e. The van der Waals surface area contributed by atoms with E-state index < -0.39 is 0 Å². The lowest BCUT2D eigenvalue weighted by Gasteiger charge is -2.13. The molecule has 6 rings (SSSR count). The summed E-state index contributed by atoms with van der Waals surface area (Å²) in [4.78, 5) is 12.0. The minimum absolute atomic E-state index is 0.528. The smallest absolute Gasteiger partial charge is 0.205 e. The summed E-state index contributed by atoms with van der Waals surface area (Å²) in [5.41, 5.74) is 9.44. The summed E-state index contributed by atoms with van der Waals surface area (Å²) in [6, 6.07) is 35.4. The molecular formula is C34H20N4. The van der Waals surface area contributed by atoms with Crippen LogP contribution >= 0.6 is 0 Å². The average molecular weight is 485 g/mol. The van der Waals surface area contributed by atoms with Gasteiger partial charge in [0.2, 0.25) is 5.69 Å². The largest absolute Gasteiger partial charge is 0.276 e. The molecule has 0 unspecified atom stereocenters. The Hall–Kier alpha value is -5.58. The van der Waals surface area contributed by atoms with Gasteiger partial charge in [0.1, 0.15) is 6.07 Å². The fourth-order valence-electron chi connectivity index (χ4n) is 4.85. The normalized spacial score (nSPS) is 10.6. The average Bonchev–Trinajstić information content (AvgIpc) is 3.00. The Morgan fingerprint density at radius 2 is 1.08 bits per heavy atom. The van der Waals surface area contributed by atoms with Gasteiger partial charge in [-0.1, -0.05) is 72.8 Å². The highest BCUT2D eigenvalue weighted by Gasteiger charge is 2.11. The van der Waals surface area contributed by atoms with E-state index in [0.29, 0.717) is 11.3 Å². The minimum atomic E-state index is 0.528. The lowest BCUT2D eigenvalue weighted by Crippen LogP contribution is -1.88. The molecule has 0 spiro atoms. The number of fused-ring (bicyclic) bond motifs is 1. The molecule has 2 heterocycles. The van der Waals surface area contributed by atoms with Gasteiger partial charge in [-0.05, 0) is 74.0 Å². The van der Waals surface area contributed by atoms with Crippen LogP contribution in [0.15, 0.2) is 122 Å². The number of nitrogens with zero attached hydrogens (tertiary/aromatic N) is 4. The van der Waals surface area contributed by atoms with E-state index in [1.807, 2.05) is 36.4 Å². The molecule has 4 heteroatoms. The van der Waals surface area contributed by atoms with E-state index in [2.05, 4.69) is 81.5 Å². The molecule has 0 saturated heterocycles. The third kappa shape index (κ3) is 4.28. The van der Waals surface area contributed by atoms with Crippen molar-refractivity contribution in [2.45, 2.75) is 0 Å². The van der Waals surface area contributed by atoms with E-state index in [0.717, 1.165) is 55.3 Å².